The summed E-state index contributed by atoms with van der Waals surface area (Å²) in [4.78, 5) is 12.5. The van der Waals surface area contributed by atoms with Gasteiger partial charge in [-0.3, -0.25) is 0 Å². The van der Waals surface area contributed by atoms with E-state index in [9.17, 15) is 44.3 Å². The van der Waals surface area contributed by atoms with Crippen molar-refractivity contribution in [2.24, 2.45) is 0 Å². The molecule has 0 amide bonds. The van der Waals surface area contributed by atoms with Gasteiger partial charge in [0, 0.05) is 12.0 Å². The number of allylic oxidation sites excluding steroid dienone is 1. The molecular formula is C32H21F9O3. The van der Waals surface area contributed by atoms with E-state index < -0.39 is 64.1 Å². The van der Waals surface area contributed by atoms with Crippen LogP contribution in [-0.4, -0.2) is 12.3 Å². The smallest absolute Gasteiger partial charge is 0.423 e. The molecule has 0 unspecified atom stereocenters. The highest BCUT2D eigenvalue weighted by Crippen LogP contribution is 2.36. The fraction of sp³-hybridized carbons (Fsp3) is 0.156. The van der Waals surface area contributed by atoms with E-state index in [0.717, 1.165) is 12.1 Å². The molecule has 0 saturated heterocycles. The van der Waals surface area contributed by atoms with Crippen LogP contribution in [0, 0.1) is 23.3 Å². The summed E-state index contributed by atoms with van der Waals surface area (Å²) in [6.07, 6.45) is -4.25. The lowest BCUT2D eigenvalue weighted by Crippen LogP contribution is -2.19. The zero-order valence-electron chi connectivity index (χ0n) is 22.7. The van der Waals surface area contributed by atoms with E-state index in [1.165, 1.54) is 48.5 Å². The highest BCUT2D eigenvalue weighted by molar-refractivity contribution is 5.91. The maximum atomic E-state index is 14.9. The molecule has 0 aromatic heterocycles. The predicted molar refractivity (Wildman–Crippen MR) is 144 cm³/mol. The Labute approximate surface area is 245 Å². The SMILES string of the molecule is CCCCC(F)=C(F)c1ccc(C(=O)Oc2ccc(-c3cc(F)c(-c4cc(F)c(OC(F)(F)F)c(F)c4)c(F)c3)cc2)cc1. The van der Waals surface area contributed by atoms with E-state index in [1.807, 2.05) is 6.92 Å². The number of hydrogen-bond donors (Lipinski definition) is 0. The molecule has 0 bridgehead atoms. The van der Waals surface area contributed by atoms with Gasteiger partial charge in [-0.25, -0.2) is 31.1 Å². The summed E-state index contributed by atoms with van der Waals surface area (Å²) in [6.45, 7) is 1.85. The molecule has 12 heteroatoms. The van der Waals surface area contributed by atoms with Crippen LogP contribution in [-0.2, 0) is 0 Å². The first kappa shape index (κ1) is 32.2. The normalized spacial score (nSPS) is 12.1. The average molecular weight is 624 g/mol. The van der Waals surface area contributed by atoms with Gasteiger partial charge in [-0.1, -0.05) is 37.6 Å². The summed E-state index contributed by atoms with van der Waals surface area (Å²) in [6, 6.07) is 12.7. The maximum absolute atomic E-state index is 14.9. The van der Waals surface area contributed by atoms with Gasteiger partial charge in [-0.2, -0.15) is 0 Å². The van der Waals surface area contributed by atoms with Crippen LogP contribution in [0.5, 0.6) is 11.5 Å². The summed E-state index contributed by atoms with van der Waals surface area (Å²) in [7, 11) is 0. The molecule has 0 heterocycles. The molecule has 0 aliphatic heterocycles. The van der Waals surface area contributed by atoms with E-state index in [1.54, 1.807) is 0 Å². The Kier molecular flexibility index (Phi) is 9.71. The van der Waals surface area contributed by atoms with Crippen molar-refractivity contribution >= 4 is 11.8 Å². The van der Waals surface area contributed by atoms with Gasteiger partial charge in [0.15, 0.2) is 17.5 Å². The molecule has 0 fully saturated rings. The third-order valence-corrected chi connectivity index (χ3v) is 6.31. The van der Waals surface area contributed by atoms with Gasteiger partial charge in [0.1, 0.15) is 23.2 Å². The van der Waals surface area contributed by atoms with E-state index in [0.29, 0.717) is 25.0 Å². The predicted octanol–water partition coefficient (Wildman–Crippen LogP) is 10.5. The van der Waals surface area contributed by atoms with Crippen LogP contribution in [0.4, 0.5) is 39.5 Å². The summed E-state index contributed by atoms with van der Waals surface area (Å²) in [5.41, 5.74) is -1.35. The Balaban J connectivity index is 1.49. The maximum Gasteiger partial charge on any atom is 0.573 e. The van der Waals surface area contributed by atoms with E-state index in [4.69, 9.17) is 4.74 Å². The lowest BCUT2D eigenvalue weighted by atomic mass is 9.98. The number of rotatable bonds is 9. The van der Waals surface area contributed by atoms with Crippen LogP contribution in [0.2, 0.25) is 0 Å². The summed E-state index contributed by atoms with van der Waals surface area (Å²) in [5.74, 6) is -10.6. The van der Waals surface area contributed by atoms with E-state index in [-0.39, 0.29) is 34.4 Å². The van der Waals surface area contributed by atoms with Gasteiger partial charge in [0.25, 0.3) is 0 Å². The highest BCUT2D eigenvalue weighted by Gasteiger charge is 2.34. The minimum atomic E-state index is -5.39. The van der Waals surface area contributed by atoms with Crippen LogP contribution in [0.3, 0.4) is 0 Å². The molecule has 0 aliphatic rings. The minimum Gasteiger partial charge on any atom is -0.423 e. The Bertz CT molecular complexity index is 1650. The lowest BCUT2D eigenvalue weighted by molar-refractivity contribution is -0.276. The first-order chi connectivity index (χ1) is 20.8. The third-order valence-electron chi connectivity index (χ3n) is 6.31. The number of carbonyl (C=O) groups is 1. The van der Waals surface area contributed by atoms with Crippen LogP contribution in [0.15, 0.2) is 78.6 Å². The number of carbonyl (C=O) groups excluding carboxylic acids is 1. The van der Waals surface area contributed by atoms with Crippen molar-refractivity contribution in [1.82, 2.24) is 0 Å². The molecule has 0 aliphatic carbocycles. The van der Waals surface area contributed by atoms with Crippen molar-refractivity contribution in [3.63, 3.8) is 0 Å². The van der Waals surface area contributed by atoms with Gasteiger partial charge in [-0.15, -0.1) is 13.2 Å². The van der Waals surface area contributed by atoms with Crippen molar-refractivity contribution in [1.29, 1.82) is 0 Å². The van der Waals surface area contributed by atoms with Crippen molar-refractivity contribution in [2.45, 2.75) is 32.5 Å². The quantitative estimate of drug-likeness (QED) is 0.106. The number of unbranched alkanes of at least 4 members (excludes halogenated alkanes) is 1. The molecule has 4 rings (SSSR count). The average Bonchev–Trinajstić information content (AvgIpc) is 2.97. The minimum absolute atomic E-state index is 0.0172. The van der Waals surface area contributed by atoms with E-state index in [2.05, 4.69) is 4.74 Å². The Morgan fingerprint density at radius 1 is 0.705 bits per heavy atom. The standard InChI is InChI=1S/C32H21F9O3/c1-2-3-4-23(33)29(38)18-5-7-19(8-6-18)31(42)43-22-11-9-17(10-12-22)20-13-24(34)28(25(35)14-20)21-15-26(36)30(27(37)16-21)44-32(39,40)41/h5-16H,2-4H2,1H3. The monoisotopic (exact) mass is 624 g/mol. The fourth-order valence-electron chi connectivity index (χ4n) is 4.17. The van der Waals surface area contributed by atoms with E-state index >= 15 is 0 Å². The largest absolute Gasteiger partial charge is 0.573 e. The fourth-order valence-corrected chi connectivity index (χ4v) is 4.17. The van der Waals surface area contributed by atoms with Crippen molar-refractivity contribution in [3.05, 3.63) is 113 Å². The van der Waals surface area contributed by atoms with Crippen molar-refractivity contribution < 1.29 is 53.8 Å². The first-order valence-electron chi connectivity index (χ1n) is 13.0. The number of hydrogen-bond acceptors (Lipinski definition) is 3. The van der Waals surface area contributed by atoms with Crippen LogP contribution >= 0.6 is 0 Å². The van der Waals surface area contributed by atoms with Crippen LogP contribution in [0.25, 0.3) is 28.1 Å². The number of alkyl halides is 3. The lowest BCUT2D eigenvalue weighted by Gasteiger charge is -2.13. The number of ether oxygens (including phenoxy) is 2. The summed E-state index contributed by atoms with van der Waals surface area (Å²) >= 11 is 0. The molecule has 4 aromatic rings. The van der Waals surface area contributed by atoms with Gasteiger partial charge in [0.05, 0.1) is 11.1 Å². The topological polar surface area (TPSA) is 35.5 Å². The molecule has 44 heavy (non-hydrogen) atoms. The molecule has 0 spiro atoms. The highest BCUT2D eigenvalue weighted by atomic mass is 19.4. The van der Waals surface area contributed by atoms with Crippen LogP contribution in [0.1, 0.15) is 42.1 Å². The molecule has 0 atom stereocenters. The molecule has 230 valence electrons. The third kappa shape index (κ3) is 7.61. The molecule has 0 N–H and O–H groups in total. The number of benzene rings is 4. The Morgan fingerprint density at radius 2 is 1.23 bits per heavy atom. The van der Waals surface area contributed by atoms with Gasteiger partial charge < -0.3 is 9.47 Å². The van der Waals surface area contributed by atoms with Crippen LogP contribution < -0.4 is 9.47 Å². The van der Waals surface area contributed by atoms with Crippen molar-refractivity contribution in [3.8, 4) is 33.8 Å². The first-order valence-corrected chi connectivity index (χ1v) is 13.0. The summed E-state index contributed by atoms with van der Waals surface area (Å²) < 4.78 is 132. The Morgan fingerprint density at radius 3 is 1.75 bits per heavy atom. The van der Waals surface area contributed by atoms with Gasteiger partial charge in [0.2, 0.25) is 5.75 Å². The molecule has 0 saturated carbocycles. The number of esters is 1. The second-order valence-corrected chi connectivity index (χ2v) is 9.45. The molecular weight excluding hydrogens is 603 g/mol. The van der Waals surface area contributed by atoms with Gasteiger partial charge >= 0.3 is 12.3 Å². The zero-order chi connectivity index (χ0) is 32.2. The second kappa shape index (κ2) is 13.3. The van der Waals surface area contributed by atoms with Crippen molar-refractivity contribution in [2.75, 3.05) is 0 Å². The molecule has 0 radical (unpaired) electrons. The Hall–Kier alpha value is -4.74. The van der Waals surface area contributed by atoms with Gasteiger partial charge in [-0.05, 0) is 71.6 Å². The second-order valence-electron chi connectivity index (χ2n) is 9.45. The molecule has 4 aromatic carbocycles. The molecule has 3 nitrogen and oxygen atoms in total. The summed E-state index contributed by atoms with van der Waals surface area (Å²) in [5, 5.41) is 0. The number of halogens is 9. The zero-order valence-corrected chi connectivity index (χ0v) is 22.7.